The molecule has 3 heterocycles. The van der Waals surface area contributed by atoms with Crippen LogP contribution in [0, 0.1) is 6.92 Å². The molecule has 186 valence electrons. The van der Waals surface area contributed by atoms with Crippen LogP contribution in [0.1, 0.15) is 34.5 Å². The fourth-order valence-corrected chi connectivity index (χ4v) is 4.57. The molecule has 1 saturated heterocycles. The summed E-state index contributed by atoms with van der Waals surface area (Å²) < 4.78 is 11.4. The molecule has 2 aromatic heterocycles. The molecule has 0 spiro atoms. The monoisotopic (exact) mass is 484 g/mol. The number of anilines is 1. The zero-order chi connectivity index (χ0) is 24.9. The predicted molar refractivity (Wildman–Crippen MR) is 140 cm³/mol. The van der Waals surface area contributed by atoms with Gasteiger partial charge in [-0.1, -0.05) is 18.2 Å². The number of aryl methyl sites for hydroxylation is 1. The molecule has 7 nitrogen and oxygen atoms in total. The molecule has 1 fully saturated rings. The number of amides is 1. The Balaban J connectivity index is 1.16. The molecule has 0 bridgehead atoms. The molecule has 1 amide bonds. The maximum atomic E-state index is 12.6. The van der Waals surface area contributed by atoms with Crippen molar-refractivity contribution in [1.82, 2.24) is 15.2 Å². The van der Waals surface area contributed by atoms with Gasteiger partial charge in [0.15, 0.2) is 0 Å². The molecule has 1 aliphatic heterocycles. The van der Waals surface area contributed by atoms with Crippen LogP contribution in [0.5, 0.6) is 0 Å². The normalized spacial score (nSPS) is 15.1. The molecule has 36 heavy (non-hydrogen) atoms. The van der Waals surface area contributed by atoms with Crippen LogP contribution in [0.25, 0.3) is 11.5 Å². The van der Waals surface area contributed by atoms with Gasteiger partial charge in [-0.25, -0.2) is 4.98 Å². The lowest BCUT2D eigenvalue weighted by atomic mass is 10.1. The Bertz CT molecular complexity index is 1260. The molecular weight excluding hydrogens is 452 g/mol. The fourth-order valence-electron chi connectivity index (χ4n) is 4.57. The van der Waals surface area contributed by atoms with Gasteiger partial charge in [-0.15, -0.1) is 0 Å². The highest BCUT2D eigenvalue weighted by Crippen LogP contribution is 2.24. The highest BCUT2D eigenvalue weighted by Gasteiger charge is 2.20. The minimum atomic E-state index is -0.112. The van der Waals surface area contributed by atoms with Crippen LogP contribution in [0.3, 0.4) is 0 Å². The number of nitrogens with one attached hydrogen (secondary N) is 1. The summed E-state index contributed by atoms with van der Waals surface area (Å²) in [5, 5.41) is 3.02. The van der Waals surface area contributed by atoms with Crippen LogP contribution in [-0.2, 0) is 13.0 Å². The van der Waals surface area contributed by atoms with Crippen molar-refractivity contribution in [3.8, 4) is 11.5 Å². The highest BCUT2D eigenvalue weighted by molar-refractivity contribution is 5.94. The number of carbonyl (C=O) groups is 1. The number of oxazole rings is 1. The lowest BCUT2D eigenvalue weighted by molar-refractivity contribution is 0.0939. The van der Waals surface area contributed by atoms with E-state index in [9.17, 15) is 4.79 Å². The SMILES string of the molecule is Cc1oc(-c2ccc(C(=O)N[C@@H](C)Cc3ccco3)cc2)nc1CN1CCN(c2ccccc2)CC1. The smallest absolute Gasteiger partial charge is 0.251 e. The third-order valence-corrected chi connectivity index (χ3v) is 6.62. The van der Waals surface area contributed by atoms with E-state index in [0.29, 0.717) is 17.9 Å². The van der Waals surface area contributed by atoms with Crippen molar-refractivity contribution in [2.45, 2.75) is 32.9 Å². The molecule has 2 aromatic carbocycles. The molecule has 1 aliphatic rings. The number of piperazine rings is 1. The third kappa shape index (κ3) is 5.69. The Morgan fingerprint density at radius 3 is 2.44 bits per heavy atom. The Kier molecular flexibility index (Phi) is 7.18. The summed E-state index contributed by atoms with van der Waals surface area (Å²) in [4.78, 5) is 22.3. The van der Waals surface area contributed by atoms with Gasteiger partial charge in [0.05, 0.1) is 12.0 Å². The summed E-state index contributed by atoms with van der Waals surface area (Å²) in [6.07, 6.45) is 2.29. The third-order valence-electron chi connectivity index (χ3n) is 6.62. The molecule has 7 heteroatoms. The minimum absolute atomic E-state index is 0.0326. The number of benzene rings is 2. The second kappa shape index (κ2) is 10.8. The van der Waals surface area contributed by atoms with Crippen molar-refractivity contribution in [3.05, 3.63) is 95.8 Å². The van der Waals surface area contributed by atoms with Gasteiger partial charge in [-0.2, -0.15) is 0 Å². The molecule has 1 N–H and O–H groups in total. The first-order valence-electron chi connectivity index (χ1n) is 12.5. The van der Waals surface area contributed by atoms with Crippen molar-refractivity contribution < 1.29 is 13.6 Å². The van der Waals surface area contributed by atoms with Gasteiger partial charge in [0, 0.05) is 62.0 Å². The standard InChI is InChI=1S/C29H32N4O3/c1-21(19-26-9-6-18-35-26)30-28(34)23-10-12-24(13-11-23)29-31-27(22(2)36-29)20-32-14-16-33(17-15-32)25-7-4-3-5-8-25/h3-13,18,21H,14-17,19-20H2,1-2H3,(H,30,34)/t21-/m0/s1. The summed E-state index contributed by atoms with van der Waals surface area (Å²) in [6.45, 7) is 8.67. The number of hydrogen-bond donors (Lipinski definition) is 1. The van der Waals surface area contributed by atoms with Gasteiger partial charge in [-0.05, 0) is 62.4 Å². The highest BCUT2D eigenvalue weighted by atomic mass is 16.4. The maximum absolute atomic E-state index is 12.6. The van der Waals surface area contributed by atoms with E-state index in [1.165, 1.54) is 5.69 Å². The zero-order valence-corrected chi connectivity index (χ0v) is 20.8. The molecule has 4 aromatic rings. The second-order valence-corrected chi connectivity index (χ2v) is 9.36. The fraction of sp³-hybridized carbons (Fsp3) is 0.310. The average molecular weight is 485 g/mol. The number of nitrogens with zero attached hydrogens (tertiary/aromatic N) is 3. The summed E-state index contributed by atoms with van der Waals surface area (Å²) in [5.74, 6) is 2.17. The topological polar surface area (TPSA) is 74.8 Å². The first-order chi connectivity index (χ1) is 17.5. The van der Waals surface area contributed by atoms with Crippen molar-refractivity contribution in [2.24, 2.45) is 0 Å². The van der Waals surface area contributed by atoms with Crippen LogP contribution in [0.2, 0.25) is 0 Å². The average Bonchev–Trinajstić information content (AvgIpc) is 3.54. The van der Waals surface area contributed by atoms with E-state index in [0.717, 1.165) is 55.5 Å². The second-order valence-electron chi connectivity index (χ2n) is 9.36. The van der Waals surface area contributed by atoms with E-state index in [1.54, 1.807) is 6.26 Å². The summed E-state index contributed by atoms with van der Waals surface area (Å²) in [7, 11) is 0. The van der Waals surface area contributed by atoms with Crippen molar-refractivity contribution in [2.75, 3.05) is 31.1 Å². The number of hydrogen-bond acceptors (Lipinski definition) is 6. The molecular formula is C29H32N4O3. The van der Waals surface area contributed by atoms with E-state index in [4.69, 9.17) is 13.8 Å². The molecule has 0 aliphatic carbocycles. The van der Waals surface area contributed by atoms with Crippen LogP contribution in [0.4, 0.5) is 5.69 Å². The molecule has 0 saturated carbocycles. The Morgan fingerprint density at radius 1 is 1.00 bits per heavy atom. The van der Waals surface area contributed by atoms with Crippen LogP contribution >= 0.6 is 0 Å². The number of rotatable bonds is 8. The number of aromatic nitrogens is 1. The van der Waals surface area contributed by atoms with Gasteiger partial charge in [0.2, 0.25) is 5.89 Å². The van der Waals surface area contributed by atoms with Gasteiger partial charge in [0.1, 0.15) is 11.5 Å². The first kappa shape index (κ1) is 23.9. The first-order valence-corrected chi connectivity index (χ1v) is 12.5. The zero-order valence-electron chi connectivity index (χ0n) is 20.8. The van der Waals surface area contributed by atoms with Crippen LogP contribution in [0.15, 0.2) is 81.8 Å². The summed E-state index contributed by atoms with van der Waals surface area (Å²) >= 11 is 0. The van der Waals surface area contributed by atoms with Crippen molar-refractivity contribution in [3.63, 3.8) is 0 Å². The summed E-state index contributed by atoms with van der Waals surface area (Å²) in [6, 6.07) is 21.7. The minimum Gasteiger partial charge on any atom is -0.469 e. The Morgan fingerprint density at radius 2 is 1.75 bits per heavy atom. The van der Waals surface area contributed by atoms with Gasteiger partial charge in [-0.3, -0.25) is 9.69 Å². The van der Waals surface area contributed by atoms with E-state index < -0.39 is 0 Å². The van der Waals surface area contributed by atoms with Gasteiger partial charge >= 0.3 is 0 Å². The Hall–Kier alpha value is -3.84. The number of para-hydroxylation sites is 1. The predicted octanol–water partition coefficient (Wildman–Crippen LogP) is 4.93. The van der Waals surface area contributed by atoms with Crippen LogP contribution < -0.4 is 10.2 Å². The van der Waals surface area contributed by atoms with E-state index in [-0.39, 0.29) is 11.9 Å². The van der Waals surface area contributed by atoms with E-state index in [1.807, 2.05) is 50.2 Å². The maximum Gasteiger partial charge on any atom is 0.251 e. The molecule has 5 rings (SSSR count). The molecule has 0 radical (unpaired) electrons. The largest absolute Gasteiger partial charge is 0.469 e. The van der Waals surface area contributed by atoms with E-state index in [2.05, 4.69) is 45.4 Å². The van der Waals surface area contributed by atoms with Crippen LogP contribution in [-0.4, -0.2) is 48.0 Å². The number of furan rings is 1. The van der Waals surface area contributed by atoms with Crippen molar-refractivity contribution >= 4 is 11.6 Å². The molecule has 0 unspecified atom stereocenters. The quantitative estimate of drug-likeness (QED) is 0.382. The van der Waals surface area contributed by atoms with E-state index >= 15 is 0 Å². The molecule has 1 atom stereocenters. The van der Waals surface area contributed by atoms with Gasteiger partial charge < -0.3 is 19.1 Å². The Labute approximate surface area is 211 Å². The number of carbonyl (C=O) groups excluding carboxylic acids is 1. The van der Waals surface area contributed by atoms with Gasteiger partial charge in [0.25, 0.3) is 5.91 Å². The van der Waals surface area contributed by atoms with Crippen molar-refractivity contribution in [1.29, 1.82) is 0 Å². The lowest BCUT2D eigenvalue weighted by Gasteiger charge is -2.35. The summed E-state index contributed by atoms with van der Waals surface area (Å²) in [5.41, 5.74) is 3.70. The lowest BCUT2D eigenvalue weighted by Crippen LogP contribution is -2.46.